The first-order valence-electron chi connectivity index (χ1n) is 9.88. The molecule has 0 bridgehead atoms. The van der Waals surface area contributed by atoms with Crippen molar-refractivity contribution in [2.45, 2.75) is 32.9 Å². The normalized spacial score (nSPS) is 11.2. The van der Waals surface area contributed by atoms with Gasteiger partial charge in [-0.1, -0.05) is 0 Å². The second-order valence-electron chi connectivity index (χ2n) is 7.77. The van der Waals surface area contributed by atoms with Crippen molar-refractivity contribution in [2.75, 3.05) is 25.6 Å². The molecule has 31 heavy (non-hydrogen) atoms. The average molecular weight is 425 g/mol. The zero-order valence-electron chi connectivity index (χ0n) is 18.2. The highest BCUT2D eigenvalue weighted by atomic mass is 16.6. The lowest BCUT2D eigenvalue weighted by atomic mass is 10.2. The molecular formula is C22H27N5O4. The minimum absolute atomic E-state index is 0.0856. The van der Waals surface area contributed by atoms with E-state index in [-0.39, 0.29) is 12.6 Å². The zero-order chi connectivity index (χ0) is 22.3. The minimum atomic E-state index is -0.518. The van der Waals surface area contributed by atoms with Crippen molar-refractivity contribution in [3.05, 3.63) is 49.1 Å². The Bertz CT molecular complexity index is 996. The molecule has 0 unspecified atom stereocenters. The van der Waals surface area contributed by atoms with Gasteiger partial charge in [0.05, 0.1) is 32.2 Å². The summed E-state index contributed by atoms with van der Waals surface area (Å²) in [7, 11) is 1.63. The van der Waals surface area contributed by atoms with E-state index < -0.39 is 5.60 Å². The number of benzene rings is 1. The summed E-state index contributed by atoms with van der Waals surface area (Å²) in [6.45, 7) is 6.22. The van der Waals surface area contributed by atoms with Gasteiger partial charge in [0, 0.05) is 23.5 Å². The smallest absolute Gasteiger partial charge is 0.332 e. The Labute approximate surface area is 181 Å². The molecule has 0 aliphatic heterocycles. The number of anilines is 2. The number of hydrogen-bond acceptors (Lipinski definition) is 8. The lowest BCUT2D eigenvalue weighted by Gasteiger charge is -2.19. The van der Waals surface area contributed by atoms with Gasteiger partial charge < -0.3 is 19.5 Å². The molecule has 164 valence electrons. The molecule has 0 spiro atoms. The van der Waals surface area contributed by atoms with E-state index in [1.54, 1.807) is 18.0 Å². The lowest BCUT2D eigenvalue weighted by Crippen LogP contribution is -2.27. The highest BCUT2D eigenvalue weighted by Crippen LogP contribution is 2.22. The highest BCUT2D eigenvalue weighted by molar-refractivity contribution is 5.71. The monoisotopic (exact) mass is 425 g/mol. The maximum atomic E-state index is 11.7. The van der Waals surface area contributed by atoms with E-state index in [0.29, 0.717) is 19.0 Å². The maximum absolute atomic E-state index is 11.7. The number of ether oxygens (including phenoxy) is 3. The molecule has 0 saturated carbocycles. The molecule has 1 aromatic carbocycles. The number of hydrogen-bond donors (Lipinski definition) is 1. The van der Waals surface area contributed by atoms with Crippen molar-refractivity contribution in [2.24, 2.45) is 0 Å². The molecule has 0 atom stereocenters. The zero-order valence-corrected chi connectivity index (χ0v) is 18.2. The van der Waals surface area contributed by atoms with Crippen LogP contribution in [0.1, 0.15) is 20.8 Å². The summed E-state index contributed by atoms with van der Waals surface area (Å²) >= 11 is 0. The Kier molecular flexibility index (Phi) is 7.19. The fraction of sp³-hybridized carbons (Fsp3) is 0.364. The van der Waals surface area contributed by atoms with Crippen LogP contribution in [0.4, 0.5) is 11.5 Å². The van der Waals surface area contributed by atoms with Crippen LogP contribution in [-0.2, 0) is 20.8 Å². The van der Waals surface area contributed by atoms with Gasteiger partial charge in [0.2, 0.25) is 0 Å². The fourth-order valence-electron chi connectivity index (χ4n) is 2.71. The van der Waals surface area contributed by atoms with Crippen molar-refractivity contribution >= 4 is 17.5 Å². The first-order valence-corrected chi connectivity index (χ1v) is 9.88. The van der Waals surface area contributed by atoms with Crippen LogP contribution in [0.5, 0.6) is 5.75 Å². The Morgan fingerprint density at radius 2 is 1.94 bits per heavy atom. The number of aromatic nitrogens is 4. The number of nitrogens with one attached hydrogen (secondary N) is 1. The van der Waals surface area contributed by atoms with E-state index >= 15 is 0 Å². The molecule has 0 aliphatic rings. The predicted molar refractivity (Wildman–Crippen MR) is 116 cm³/mol. The van der Waals surface area contributed by atoms with Crippen LogP contribution in [0, 0.1) is 0 Å². The Balaban J connectivity index is 1.53. The van der Waals surface area contributed by atoms with Crippen molar-refractivity contribution in [1.82, 2.24) is 19.7 Å². The number of carbonyl (C=O) groups excluding carboxylic acids is 1. The van der Waals surface area contributed by atoms with Gasteiger partial charge >= 0.3 is 5.97 Å². The van der Waals surface area contributed by atoms with E-state index in [4.69, 9.17) is 14.2 Å². The van der Waals surface area contributed by atoms with Crippen molar-refractivity contribution in [3.63, 3.8) is 0 Å². The van der Waals surface area contributed by atoms with Gasteiger partial charge in [-0.3, -0.25) is 4.68 Å². The van der Waals surface area contributed by atoms with Crippen molar-refractivity contribution < 1.29 is 19.0 Å². The molecule has 3 aromatic rings. The third kappa shape index (κ3) is 7.07. The predicted octanol–water partition coefficient (Wildman–Crippen LogP) is 3.45. The van der Waals surface area contributed by atoms with Gasteiger partial charge in [0.1, 0.15) is 30.1 Å². The Morgan fingerprint density at radius 3 is 2.65 bits per heavy atom. The van der Waals surface area contributed by atoms with Crippen LogP contribution in [-0.4, -0.2) is 51.6 Å². The maximum Gasteiger partial charge on any atom is 0.332 e. The summed E-state index contributed by atoms with van der Waals surface area (Å²) in [5.41, 5.74) is 1.97. The molecule has 2 heterocycles. The topological polar surface area (TPSA) is 100 Å². The quantitative estimate of drug-likeness (QED) is 0.411. The molecule has 0 saturated heterocycles. The van der Waals surface area contributed by atoms with E-state index in [1.165, 1.54) is 6.33 Å². The van der Waals surface area contributed by atoms with Gasteiger partial charge in [-0.15, -0.1) is 0 Å². The standard InChI is InChI=1S/C22H27N5O4/c1-22(2,3)31-21(28)14-30-10-9-27-13-16(12-25-27)19-11-20(24-15-23-19)26-17-5-7-18(29-4)8-6-17/h5-8,11-13,15H,9-10,14H2,1-4H3,(H,23,24,26). The van der Waals surface area contributed by atoms with Crippen molar-refractivity contribution in [3.8, 4) is 17.0 Å². The summed E-state index contributed by atoms with van der Waals surface area (Å²) in [6, 6.07) is 9.43. The largest absolute Gasteiger partial charge is 0.497 e. The Morgan fingerprint density at radius 1 is 1.16 bits per heavy atom. The van der Waals surface area contributed by atoms with Gasteiger partial charge in [-0.2, -0.15) is 5.10 Å². The Hall–Kier alpha value is -3.46. The molecule has 0 aliphatic carbocycles. The summed E-state index contributed by atoms with van der Waals surface area (Å²) in [4.78, 5) is 20.3. The first kappa shape index (κ1) is 22.2. The van der Waals surface area contributed by atoms with Crippen LogP contribution in [0.25, 0.3) is 11.3 Å². The van der Waals surface area contributed by atoms with Crippen LogP contribution in [0.15, 0.2) is 49.1 Å². The van der Waals surface area contributed by atoms with E-state index in [0.717, 1.165) is 22.7 Å². The molecule has 2 aromatic heterocycles. The SMILES string of the molecule is COc1ccc(Nc2cc(-c3cnn(CCOCC(=O)OC(C)(C)C)c3)ncn2)cc1. The van der Waals surface area contributed by atoms with Crippen LogP contribution < -0.4 is 10.1 Å². The van der Waals surface area contributed by atoms with Gasteiger partial charge in [-0.25, -0.2) is 14.8 Å². The number of carbonyl (C=O) groups is 1. The van der Waals surface area contributed by atoms with Crippen LogP contribution in [0.2, 0.25) is 0 Å². The summed E-state index contributed by atoms with van der Waals surface area (Å²) in [5.74, 6) is 1.08. The molecule has 9 heteroatoms. The van der Waals surface area contributed by atoms with Gasteiger partial charge in [0.15, 0.2) is 0 Å². The summed E-state index contributed by atoms with van der Waals surface area (Å²) in [5, 5.41) is 7.57. The minimum Gasteiger partial charge on any atom is -0.497 e. The van der Waals surface area contributed by atoms with Crippen molar-refractivity contribution in [1.29, 1.82) is 0 Å². The van der Waals surface area contributed by atoms with Crippen LogP contribution >= 0.6 is 0 Å². The number of methoxy groups -OCH3 is 1. The molecular weight excluding hydrogens is 398 g/mol. The molecule has 3 rings (SSSR count). The number of nitrogens with zero attached hydrogens (tertiary/aromatic N) is 4. The summed E-state index contributed by atoms with van der Waals surface area (Å²) in [6.07, 6.45) is 5.10. The fourth-order valence-corrected chi connectivity index (χ4v) is 2.71. The average Bonchev–Trinajstić information content (AvgIpc) is 3.20. The number of esters is 1. The molecule has 9 nitrogen and oxygen atoms in total. The van der Waals surface area contributed by atoms with E-state index in [2.05, 4.69) is 20.4 Å². The second-order valence-corrected chi connectivity index (χ2v) is 7.77. The van der Waals surface area contributed by atoms with E-state index in [9.17, 15) is 4.79 Å². The van der Waals surface area contributed by atoms with Crippen LogP contribution in [0.3, 0.4) is 0 Å². The van der Waals surface area contributed by atoms with Gasteiger partial charge in [0.25, 0.3) is 0 Å². The molecule has 1 N–H and O–H groups in total. The van der Waals surface area contributed by atoms with Gasteiger partial charge in [-0.05, 0) is 45.0 Å². The first-order chi connectivity index (χ1) is 14.8. The third-order valence-corrected chi connectivity index (χ3v) is 4.06. The third-order valence-electron chi connectivity index (χ3n) is 4.06. The molecule has 0 amide bonds. The highest BCUT2D eigenvalue weighted by Gasteiger charge is 2.16. The van der Waals surface area contributed by atoms with E-state index in [1.807, 2.05) is 57.3 Å². The summed E-state index contributed by atoms with van der Waals surface area (Å²) < 4.78 is 17.5. The second kappa shape index (κ2) is 10.0. The lowest BCUT2D eigenvalue weighted by molar-refractivity contribution is -0.160. The molecule has 0 fully saturated rings. The number of rotatable bonds is 9. The molecule has 0 radical (unpaired) electrons.